The second-order valence-electron chi connectivity index (χ2n) is 7.66. The highest BCUT2D eigenvalue weighted by Crippen LogP contribution is 2.22. The molecular weight excluding hydrogens is 378 g/mol. The molecule has 6 nitrogen and oxygen atoms in total. The van der Waals surface area contributed by atoms with Crippen molar-refractivity contribution in [2.45, 2.75) is 46.3 Å². The molecule has 0 spiro atoms. The minimum absolute atomic E-state index is 0.0858. The summed E-state index contributed by atoms with van der Waals surface area (Å²) in [5, 5.41) is 12.2. The molecule has 1 aliphatic heterocycles. The van der Waals surface area contributed by atoms with Gasteiger partial charge in [-0.25, -0.2) is 0 Å². The molecule has 1 unspecified atom stereocenters. The summed E-state index contributed by atoms with van der Waals surface area (Å²) in [7, 11) is 0. The lowest BCUT2D eigenvalue weighted by Crippen LogP contribution is -2.29. The number of nitriles is 1. The molecule has 1 N–H and O–H groups in total. The van der Waals surface area contributed by atoms with Crippen LogP contribution in [0.15, 0.2) is 35.9 Å². The molecule has 0 aliphatic carbocycles. The third-order valence-corrected chi connectivity index (χ3v) is 5.37. The van der Waals surface area contributed by atoms with Crippen molar-refractivity contribution in [3.05, 3.63) is 58.4 Å². The predicted molar refractivity (Wildman–Crippen MR) is 116 cm³/mol. The maximum Gasteiger partial charge on any atom is 0.262 e. The third-order valence-electron chi connectivity index (χ3n) is 5.37. The van der Waals surface area contributed by atoms with Gasteiger partial charge < -0.3 is 19.4 Å². The molecule has 1 saturated heterocycles. The number of ether oxygens (including phenoxy) is 2. The van der Waals surface area contributed by atoms with Crippen LogP contribution in [-0.4, -0.2) is 36.3 Å². The van der Waals surface area contributed by atoms with Crippen LogP contribution in [0, 0.1) is 32.1 Å². The maximum atomic E-state index is 12.4. The number of hydrogen-bond donors (Lipinski definition) is 1. The largest absolute Gasteiger partial charge is 0.492 e. The lowest BCUT2D eigenvalue weighted by molar-refractivity contribution is -0.117. The number of nitrogens with zero attached hydrogens (tertiary/aromatic N) is 2. The van der Waals surface area contributed by atoms with E-state index in [0.717, 1.165) is 54.3 Å². The lowest BCUT2D eigenvalue weighted by atomic mass is 10.1. The van der Waals surface area contributed by atoms with E-state index in [1.807, 2.05) is 57.2 Å². The maximum absolute atomic E-state index is 12.4. The third kappa shape index (κ3) is 5.52. The topological polar surface area (TPSA) is 76.3 Å². The molecule has 1 amide bonds. The average Bonchev–Trinajstić information content (AvgIpc) is 3.34. The molecule has 1 atom stereocenters. The quantitative estimate of drug-likeness (QED) is 0.411. The van der Waals surface area contributed by atoms with Crippen LogP contribution in [0.2, 0.25) is 0 Å². The molecule has 2 heterocycles. The number of aromatic nitrogens is 1. The van der Waals surface area contributed by atoms with Crippen molar-refractivity contribution in [3.8, 4) is 11.8 Å². The van der Waals surface area contributed by atoms with Crippen LogP contribution >= 0.6 is 0 Å². The van der Waals surface area contributed by atoms with Gasteiger partial charge in [-0.3, -0.25) is 4.79 Å². The number of hydrogen-bond acceptors (Lipinski definition) is 4. The van der Waals surface area contributed by atoms with E-state index in [9.17, 15) is 10.1 Å². The summed E-state index contributed by atoms with van der Waals surface area (Å²) in [6.07, 6.45) is 4.06. The molecule has 0 saturated carbocycles. The molecule has 1 fully saturated rings. The Morgan fingerprint density at radius 2 is 2.10 bits per heavy atom. The average molecular weight is 408 g/mol. The van der Waals surface area contributed by atoms with Gasteiger partial charge in [-0.1, -0.05) is 17.7 Å². The van der Waals surface area contributed by atoms with Gasteiger partial charge in [0.15, 0.2) is 0 Å². The molecule has 1 aromatic carbocycles. The van der Waals surface area contributed by atoms with E-state index in [2.05, 4.69) is 9.88 Å². The van der Waals surface area contributed by atoms with Crippen molar-refractivity contribution in [1.82, 2.24) is 9.88 Å². The van der Waals surface area contributed by atoms with Crippen molar-refractivity contribution in [3.63, 3.8) is 0 Å². The van der Waals surface area contributed by atoms with Crippen molar-refractivity contribution in [1.29, 1.82) is 5.26 Å². The smallest absolute Gasteiger partial charge is 0.262 e. The Hall–Kier alpha value is -3.04. The number of nitrogens with one attached hydrogen (secondary N) is 1. The van der Waals surface area contributed by atoms with E-state index in [1.54, 1.807) is 6.08 Å². The fraction of sp³-hybridized carbons (Fsp3) is 0.417. The van der Waals surface area contributed by atoms with E-state index < -0.39 is 5.91 Å². The van der Waals surface area contributed by atoms with Crippen LogP contribution < -0.4 is 10.1 Å². The Balaban J connectivity index is 1.58. The lowest BCUT2D eigenvalue weighted by Gasteiger charge is -2.14. The summed E-state index contributed by atoms with van der Waals surface area (Å²) in [6.45, 7) is 8.34. The van der Waals surface area contributed by atoms with Gasteiger partial charge in [-0.05, 0) is 63.5 Å². The number of carbonyl (C=O) groups excluding carboxylic acids is 1. The highest BCUT2D eigenvalue weighted by molar-refractivity contribution is 6.01. The first-order chi connectivity index (χ1) is 14.5. The first kappa shape index (κ1) is 21.7. The summed E-state index contributed by atoms with van der Waals surface area (Å²) in [5.74, 6) is 0.360. The first-order valence-electron chi connectivity index (χ1n) is 10.4. The Morgan fingerprint density at radius 3 is 2.77 bits per heavy atom. The molecule has 158 valence electrons. The zero-order valence-corrected chi connectivity index (χ0v) is 17.9. The van der Waals surface area contributed by atoms with Gasteiger partial charge in [-0.2, -0.15) is 5.26 Å². The van der Waals surface area contributed by atoms with Gasteiger partial charge >= 0.3 is 0 Å². The number of benzene rings is 1. The van der Waals surface area contributed by atoms with Gasteiger partial charge in [0.25, 0.3) is 5.91 Å². The normalized spacial score (nSPS) is 16.3. The van der Waals surface area contributed by atoms with Crippen LogP contribution in [0.25, 0.3) is 6.08 Å². The Labute approximate surface area is 178 Å². The van der Waals surface area contributed by atoms with Crippen molar-refractivity contribution < 1.29 is 14.3 Å². The number of carbonyl (C=O) groups is 1. The van der Waals surface area contributed by atoms with Crippen LogP contribution in [0.4, 0.5) is 0 Å². The fourth-order valence-electron chi connectivity index (χ4n) is 3.61. The molecule has 3 rings (SSSR count). The molecule has 0 radical (unpaired) electrons. The van der Waals surface area contributed by atoms with Crippen LogP contribution in [0.1, 0.15) is 35.4 Å². The van der Waals surface area contributed by atoms with E-state index >= 15 is 0 Å². The van der Waals surface area contributed by atoms with Gasteiger partial charge in [0, 0.05) is 24.5 Å². The molecule has 0 bridgehead atoms. The predicted octanol–water partition coefficient (Wildman–Crippen LogP) is 3.69. The molecule has 1 aromatic heterocycles. The highest BCUT2D eigenvalue weighted by Gasteiger charge is 2.19. The van der Waals surface area contributed by atoms with E-state index in [1.165, 1.54) is 0 Å². The van der Waals surface area contributed by atoms with Crippen LogP contribution in [-0.2, 0) is 16.1 Å². The van der Waals surface area contributed by atoms with Gasteiger partial charge in [0.1, 0.15) is 24.0 Å². The highest BCUT2D eigenvalue weighted by atomic mass is 16.5. The summed E-state index contributed by atoms with van der Waals surface area (Å²) >= 11 is 0. The van der Waals surface area contributed by atoms with Gasteiger partial charge in [0.05, 0.1) is 12.6 Å². The Kier molecular flexibility index (Phi) is 7.31. The number of aryl methyl sites for hydroxylation is 2. The fourth-order valence-corrected chi connectivity index (χ4v) is 3.61. The van der Waals surface area contributed by atoms with Crippen LogP contribution in [0.5, 0.6) is 5.75 Å². The zero-order chi connectivity index (χ0) is 21.5. The van der Waals surface area contributed by atoms with Crippen molar-refractivity contribution >= 4 is 12.0 Å². The zero-order valence-electron chi connectivity index (χ0n) is 17.9. The second-order valence-corrected chi connectivity index (χ2v) is 7.66. The van der Waals surface area contributed by atoms with E-state index in [-0.39, 0.29) is 11.7 Å². The molecular formula is C24H29N3O3. The Bertz CT molecular complexity index is 945. The second kappa shape index (κ2) is 10.1. The van der Waals surface area contributed by atoms with Crippen molar-refractivity contribution in [2.75, 3.05) is 19.8 Å². The standard InChI is InChI=1S/C24H29N3O3/c1-17-6-8-22(9-7-17)30-12-10-26-24(28)21(15-25)14-20-13-18(2)27(19(20)3)16-23-5-4-11-29-23/h6-9,13-14,23H,4-5,10-12,16H2,1-3H3,(H,26,28)/b21-14+. The van der Waals surface area contributed by atoms with Gasteiger partial charge in [0.2, 0.25) is 0 Å². The first-order valence-corrected chi connectivity index (χ1v) is 10.4. The number of rotatable bonds is 8. The summed E-state index contributed by atoms with van der Waals surface area (Å²) in [6, 6.07) is 11.8. The summed E-state index contributed by atoms with van der Waals surface area (Å²) < 4.78 is 13.6. The van der Waals surface area contributed by atoms with Crippen LogP contribution in [0.3, 0.4) is 0 Å². The SMILES string of the molecule is Cc1ccc(OCCNC(=O)/C(C#N)=C/c2cc(C)n(CC3CCCO3)c2C)cc1. The molecule has 2 aromatic rings. The minimum Gasteiger partial charge on any atom is -0.492 e. The van der Waals surface area contributed by atoms with E-state index in [0.29, 0.717) is 13.2 Å². The monoisotopic (exact) mass is 407 g/mol. The molecule has 1 aliphatic rings. The number of amides is 1. The summed E-state index contributed by atoms with van der Waals surface area (Å²) in [5.41, 5.74) is 4.26. The van der Waals surface area contributed by atoms with Gasteiger partial charge in [-0.15, -0.1) is 0 Å². The van der Waals surface area contributed by atoms with Crippen molar-refractivity contribution in [2.24, 2.45) is 0 Å². The molecule has 6 heteroatoms. The van der Waals surface area contributed by atoms with E-state index in [4.69, 9.17) is 9.47 Å². The molecule has 30 heavy (non-hydrogen) atoms. The Morgan fingerprint density at radius 1 is 1.33 bits per heavy atom. The summed E-state index contributed by atoms with van der Waals surface area (Å²) in [4.78, 5) is 12.4. The minimum atomic E-state index is -0.395.